The van der Waals surface area contributed by atoms with Gasteiger partial charge in [-0.25, -0.2) is 4.39 Å². The Morgan fingerprint density at radius 3 is 2.41 bits per heavy atom. The summed E-state index contributed by atoms with van der Waals surface area (Å²) < 4.78 is 13.5. The summed E-state index contributed by atoms with van der Waals surface area (Å²) in [6, 6.07) is 12.0. The first-order chi connectivity index (χ1) is 15.2. The van der Waals surface area contributed by atoms with E-state index in [1.54, 1.807) is 25.4 Å². The minimum Gasteiger partial charge on any atom is -0.347 e. The topological polar surface area (TPSA) is 44.7 Å². The van der Waals surface area contributed by atoms with Crippen LogP contribution in [0.15, 0.2) is 66.0 Å². The summed E-state index contributed by atoms with van der Waals surface area (Å²) in [5, 5.41) is 3.20. The van der Waals surface area contributed by atoms with Gasteiger partial charge in [0.05, 0.1) is 6.20 Å². The Morgan fingerprint density at radius 1 is 1.22 bits per heavy atom. The Morgan fingerprint density at radius 2 is 1.88 bits per heavy atom. The number of rotatable bonds is 7. The molecule has 0 aromatic heterocycles. The summed E-state index contributed by atoms with van der Waals surface area (Å²) in [7, 11) is 1.74. The van der Waals surface area contributed by atoms with Crippen molar-refractivity contribution in [3.8, 4) is 11.1 Å². The molecule has 1 aliphatic rings. The third kappa shape index (κ3) is 5.35. The smallest absolute Gasteiger partial charge is 0.251 e. The van der Waals surface area contributed by atoms with Gasteiger partial charge in [0.2, 0.25) is 0 Å². The minimum absolute atomic E-state index is 0.130. The van der Waals surface area contributed by atoms with E-state index in [1.165, 1.54) is 12.1 Å². The molecule has 0 radical (unpaired) electrons. The van der Waals surface area contributed by atoms with Gasteiger partial charge in [-0.15, -0.1) is 5.73 Å². The molecule has 0 bridgehead atoms. The lowest BCUT2D eigenvalue weighted by atomic mass is 9.96. The number of carbonyl (C=O) groups is 1. The van der Waals surface area contributed by atoms with Gasteiger partial charge in [0, 0.05) is 29.8 Å². The summed E-state index contributed by atoms with van der Waals surface area (Å²) in [5.74, 6) is 1.04. The highest BCUT2D eigenvalue weighted by atomic mass is 19.1. The van der Waals surface area contributed by atoms with Crippen molar-refractivity contribution in [1.29, 1.82) is 0 Å². The van der Waals surface area contributed by atoms with Crippen molar-refractivity contribution in [3.63, 3.8) is 0 Å². The fourth-order valence-corrected chi connectivity index (χ4v) is 3.97. The molecule has 1 aliphatic carbocycles. The predicted molar refractivity (Wildman–Crippen MR) is 130 cm³/mol. The fraction of sp³-hybridized carbons (Fsp3) is 0.370. The number of hydrogen-bond acceptors (Lipinski definition) is 2. The van der Waals surface area contributed by atoms with E-state index in [9.17, 15) is 9.18 Å². The molecule has 32 heavy (non-hydrogen) atoms. The average molecular weight is 434 g/mol. The van der Waals surface area contributed by atoms with E-state index < -0.39 is 0 Å². The van der Waals surface area contributed by atoms with Crippen LogP contribution in [0, 0.1) is 17.7 Å². The van der Waals surface area contributed by atoms with Gasteiger partial charge < -0.3 is 5.32 Å². The van der Waals surface area contributed by atoms with Crippen molar-refractivity contribution < 1.29 is 9.18 Å². The van der Waals surface area contributed by atoms with Gasteiger partial charge in [-0.05, 0) is 74.1 Å². The van der Waals surface area contributed by atoms with Crippen molar-refractivity contribution in [2.24, 2.45) is 16.8 Å². The molecule has 1 N–H and O–H groups in total. The minimum atomic E-state index is -0.300. The van der Waals surface area contributed by atoms with Crippen LogP contribution in [0.5, 0.6) is 0 Å². The molecule has 1 amide bonds. The Kier molecular flexibility index (Phi) is 7.00. The van der Waals surface area contributed by atoms with Gasteiger partial charge in [0.1, 0.15) is 11.7 Å². The second-order valence-corrected chi connectivity index (χ2v) is 9.17. The molecule has 4 nitrogen and oxygen atoms in total. The maximum Gasteiger partial charge on any atom is 0.251 e. The summed E-state index contributed by atoms with van der Waals surface area (Å²) >= 11 is 0. The predicted octanol–water partition coefficient (Wildman–Crippen LogP) is 6.20. The van der Waals surface area contributed by atoms with Gasteiger partial charge in [0.15, 0.2) is 0 Å². The zero-order chi connectivity index (χ0) is 23.5. The molecule has 5 heteroatoms. The highest BCUT2D eigenvalue weighted by Gasteiger charge is 2.39. The van der Waals surface area contributed by atoms with Gasteiger partial charge in [-0.2, -0.15) is 0 Å². The largest absolute Gasteiger partial charge is 0.347 e. The van der Waals surface area contributed by atoms with E-state index in [0.717, 1.165) is 35.5 Å². The van der Waals surface area contributed by atoms with Crippen LogP contribution in [0.25, 0.3) is 11.1 Å². The number of anilines is 1. The standard InChI is InChI=1S/C27H32FN3O/c1-7-14-31(25(29-6)18(2)3)24-16-20(19-8-12-23(28)13-9-19)15-21(17-24)26(32)30-27(4,5)22-10-11-22/h8-9,12-18,22H,1,10-11H2,2-6H3,(H,30,32). The van der Waals surface area contributed by atoms with E-state index in [4.69, 9.17) is 0 Å². The second-order valence-electron chi connectivity index (χ2n) is 9.17. The lowest BCUT2D eigenvalue weighted by molar-refractivity contribution is 0.0903. The van der Waals surface area contributed by atoms with Crippen molar-refractivity contribution >= 4 is 17.4 Å². The average Bonchev–Trinajstić information content (AvgIpc) is 3.59. The lowest BCUT2D eigenvalue weighted by Crippen LogP contribution is -2.45. The Hall–Kier alpha value is -3.17. The number of nitrogens with zero attached hydrogens (tertiary/aromatic N) is 2. The molecule has 0 spiro atoms. The number of nitrogens with one attached hydrogen (secondary N) is 1. The van der Waals surface area contributed by atoms with E-state index in [-0.39, 0.29) is 23.2 Å². The molecule has 1 fully saturated rings. The van der Waals surface area contributed by atoms with Crippen LogP contribution in [-0.2, 0) is 0 Å². The maximum atomic E-state index is 13.5. The van der Waals surface area contributed by atoms with Gasteiger partial charge >= 0.3 is 0 Å². The molecule has 3 rings (SSSR count). The molecule has 168 valence electrons. The van der Waals surface area contributed by atoms with E-state index in [2.05, 4.69) is 50.3 Å². The Balaban J connectivity index is 2.12. The highest BCUT2D eigenvalue weighted by Crippen LogP contribution is 2.39. The third-order valence-electron chi connectivity index (χ3n) is 5.88. The zero-order valence-electron chi connectivity index (χ0n) is 19.6. The molecular weight excluding hydrogens is 401 g/mol. The number of hydrogen-bond donors (Lipinski definition) is 1. The van der Waals surface area contributed by atoms with Gasteiger partial charge in [0.25, 0.3) is 5.91 Å². The third-order valence-corrected chi connectivity index (χ3v) is 5.88. The molecule has 0 heterocycles. The van der Waals surface area contributed by atoms with Crippen LogP contribution >= 0.6 is 0 Å². The first-order valence-corrected chi connectivity index (χ1v) is 11.0. The van der Waals surface area contributed by atoms with Crippen molar-refractivity contribution in [1.82, 2.24) is 5.32 Å². The van der Waals surface area contributed by atoms with Crippen LogP contribution < -0.4 is 10.2 Å². The maximum absolute atomic E-state index is 13.5. The monoisotopic (exact) mass is 433 g/mol. The van der Waals surface area contributed by atoms with Crippen LogP contribution in [0.1, 0.15) is 50.9 Å². The highest BCUT2D eigenvalue weighted by molar-refractivity contribution is 6.03. The number of amidine groups is 1. The van der Waals surface area contributed by atoms with Crippen LogP contribution in [0.3, 0.4) is 0 Å². The van der Waals surface area contributed by atoms with Crippen LogP contribution in [-0.4, -0.2) is 24.3 Å². The number of benzene rings is 2. The van der Waals surface area contributed by atoms with Crippen molar-refractivity contribution in [3.05, 3.63) is 72.4 Å². The number of aliphatic imine (C=N–C) groups is 1. The SMILES string of the molecule is C=C=CN(C(=NC)C(C)C)c1cc(C(=O)NC(C)(C)C2CC2)cc(-c2ccc(F)cc2)c1. The van der Waals surface area contributed by atoms with E-state index in [1.807, 2.05) is 23.1 Å². The molecular formula is C27H32FN3O. The number of carbonyl (C=O) groups excluding carboxylic acids is 1. The van der Waals surface area contributed by atoms with Crippen molar-refractivity contribution in [2.45, 2.75) is 46.1 Å². The van der Waals surface area contributed by atoms with Crippen LogP contribution in [0.4, 0.5) is 10.1 Å². The van der Waals surface area contributed by atoms with Crippen LogP contribution in [0.2, 0.25) is 0 Å². The van der Waals surface area contributed by atoms with E-state index in [0.29, 0.717) is 11.5 Å². The lowest BCUT2D eigenvalue weighted by Gasteiger charge is -2.28. The summed E-state index contributed by atoms with van der Waals surface area (Å²) in [4.78, 5) is 19.6. The number of halogens is 1. The fourth-order valence-electron chi connectivity index (χ4n) is 3.97. The molecule has 2 aromatic rings. The number of amides is 1. The molecule has 1 saturated carbocycles. The summed E-state index contributed by atoms with van der Waals surface area (Å²) in [6.07, 6.45) is 4.00. The Labute approximate surface area is 190 Å². The molecule has 0 saturated heterocycles. The molecule has 0 atom stereocenters. The Bertz CT molecular complexity index is 1060. The quantitative estimate of drug-likeness (QED) is 0.321. The zero-order valence-corrected chi connectivity index (χ0v) is 19.6. The normalized spacial score (nSPS) is 14.2. The second kappa shape index (κ2) is 9.54. The summed E-state index contributed by atoms with van der Waals surface area (Å²) in [5.41, 5.74) is 5.52. The van der Waals surface area contributed by atoms with Gasteiger partial charge in [-0.3, -0.25) is 14.7 Å². The van der Waals surface area contributed by atoms with E-state index >= 15 is 0 Å². The van der Waals surface area contributed by atoms with Gasteiger partial charge in [-0.1, -0.05) is 32.6 Å². The molecule has 0 aliphatic heterocycles. The summed E-state index contributed by atoms with van der Waals surface area (Å²) in [6.45, 7) is 12.0. The molecule has 2 aromatic carbocycles. The first-order valence-electron chi connectivity index (χ1n) is 11.0. The molecule has 0 unspecified atom stereocenters. The first kappa shape index (κ1) is 23.5. The van der Waals surface area contributed by atoms with Crippen molar-refractivity contribution in [2.75, 3.05) is 11.9 Å².